The van der Waals surface area contributed by atoms with Crippen LogP contribution in [0.1, 0.15) is 50.2 Å². The van der Waals surface area contributed by atoms with E-state index in [1.807, 2.05) is 6.92 Å². The smallest absolute Gasteiger partial charge is 0.184 e. The van der Waals surface area contributed by atoms with Crippen LogP contribution in [-0.2, 0) is 0 Å². The van der Waals surface area contributed by atoms with Gasteiger partial charge in [0, 0.05) is 11.6 Å². The number of hydrogen-bond donors (Lipinski definition) is 1. The second kappa shape index (κ2) is 6.22. The van der Waals surface area contributed by atoms with Crippen LogP contribution in [0.15, 0.2) is 6.07 Å². The van der Waals surface area contributed by atoms with Crippen molar-refractivity contribution in [1.82, 2.24) is 4.98 Å². The zero-order valence-corrected chi connectivity index (χ0v) is 14.0. The Balaban J connectivity index is 1.91. The molecule has 3 nitrogen and oxygen atoms in total. The zero-order chi connectivity index (χ0) is 14.8. The summed E-state index contributed by atoms with van der Waals surface area (Å²) < 4.78 is 7.00. The molecule has 1 N–H and O–H groups in total. The van der Waals surface area contributed by atoms with Crippen molar-refractivity contribution in [3.05, 3.63) is 17.2 Å². The van der Waals surface area contributed by atoms with Crippen molar-refractivity contribution in [2.24, 2.45) is 0 Å². The van der Waals surface area contributed by atoms with E-state index in [4.69, 9.17) is 9.72 Å². The molecule has 1 fully saturated rings. The van der Waals surface area contributed by atoms with E-state index in [2.05, 4.69) is 25.2 Å². The van der Waals surface area contributed by atoms with Gasteiger partial charge >= 0.3 is 0 Å². The Morgan fingerprint density at radius 1 is 1.29 bits per heavy atom. The Labute approximate surface area is 130 Å². The Hall–Kier alpha value is -1.29. The molecule has 0 saturated heterocycles. The highest BCUT2D eigenvalue weighted by Crippen LogP contribution is 2.37. The summed E-state index contributed by atoms with van der Waals surface area (Å²) in [6.45, 7) is 6.99. The molecule has 1 heterocycles. The molecule has 0 atom stereocenters. The molecule has 21 heavy (non-hydrogen) atoms. The molecular weight excluding hydrogens is 280 g/mol. The van der Waals surface area contributed by atoms with E-state index in [9.17, 15) is 0 Å². The minimum Gasteiger partial charge on any atom is -0.494 e. The highest BCUT2D eigenvalue weighted by atomic mass is 32.1. The molecule has 0 amide bonds. The predicted octanol–water partition coefficient (Wildman–Crippen LogP) is 5.06. The fraction of sp³-hybridized carbons (Fsp3) is 0.588. The summed E-state index contributed by atoms with van der Waals surface area (Å²) in [7, 11) is 0. The zero-order valence-electron chi connectivity index (χ0n) is 13.2. The Morgan fingerprint density at radius 3 is 2.76 bits per heavy atom. The molecule has 114 valence electrons. The molecule has 1 aromatic carbocycles. The van der Waals surface area contributed by atoms with Gasteiger partial charge in [0.25, 0.3) is 0 Å². The topological polar surface area (TPSA) is 34.1 Å². The number of benzene rings is 1. The largest absolute Gasteiger partial charge is 0.494 e. The molecule has 0 bridgehead atoms. The second-order valence-corrected chi connectivity index (χ2v) is 6.92. The Morgan fingerprint density at radius 2 is 2.05 bits per heavy atom. The van der Waals surface area contributed by atoms with Crippen molar-refractivity contribution in [1.29, 1.82) is 0 Å². The van der Waals surface area contributed by atoms with Crippen LogP contribution < -0.4 is 10.1 Å². The van der Waals surface area contributed by atoms with Crippen molar-refractivity contribution in [3.63, 3.8) is 0 Å². The van der Waals surface area contributed by atoms with Crippen molar-refractivity contribution in [3.8, 4) is 5.75 Å². The van der Waals surface area contributed by atoms with E-state index in [1.54, 1.807) is 11.3 Å². The summed E-state index contributed by atoms with van der Waals surface area (Å²) in [4.78, 5) is 4.82. The van der Waals surface area contributed by atoms with Crippen LogP contribution in [0.5, 0.6) is 5.75 Å². The number of nitrogens with one attached hydrogen (secondary N) is 1. The van der Waals surface area contributed by atoms with Crippen LogP contribution in [0.2, 0.25) is 0 Å². The van der Waals surface area contributed by atoms with Crippen LogP contribution in [0.4, 0.5) is 5.13 Å². The molecule has 1 aromatic heterocycles. The lowest BCUT2D eigenvalue weighted by molar-refractivity contribution is 0.338. The monoisotopic (exact) mass is 304 g/mol. The third-order valence-corrected chi connectivity index (χ3v) is 5.40. The van der Waals surface area contributed by atoms with Gasteiger partial charge in [-0.05, 0) is 45.2 Å². The predicted molar refractivity (Wildman–Crippen MR) is 90.8 cm³/mol. The van der Waals surface area contributed by atoms with Crippen LogP contribution >= 0.6 is 11.3 Å². The van der Waals surface area contributed by atoms with Gasteiger partial charge in [0.2, 0.25) is 0 Å². The first kappa shape index (κ1) is 14.6. The van der Waals surface area contributed by atoms with E-state index >= 15 is 0 Å². The van der Waals surface area contributed by atoms with Gasteiger partial charge in [-0.3, -0.25) is 0 Å². The molecule has 0 aliphatic heterocycles. The number of thiazole rings is 1. The number of anilines is 1. The van der Waals surface area contributed by atoms with Gasteiger partial charge in [-0.2, -0.15) is 0 Å². The number of aryl methyl sites for hydroxylation is 2. The minimum absolute atomic E-state index is 0.603. The number of fused-ring (bicyclic) bond motifs is 1. The third kappa shape index (κ3) is 3.00. The van der Waals surface area contributed by atoms with Crippen LogP contribution in [0.3, 0.4) is 0 Å². The van der Waals surface area contributed by atoms with Crippen molar-refractivity contribution < 1.29 is 4.74 Å². The maximum Gasteiger partial charge on any atom is 0.184 e. The van der Waals surface area contributed by atoms with E-state index in [0.717, 1.165) is 16.4 Å². The number of aromatic nitrogens is 1. The first-order valence-electron chi connectivity index (χ1n) is 7.99. The molecule has 1 saturated carbocycles. The summed E-state index contributed by atoms with van der Waals surface area (Å²) >= 11 is 1.77. The van der Waals surface area contributed by atoms with E-state index in [-0.39, 0.29) is 0 Å². The summed E-state index contributed by atoms with van der Waals surface area (Å²) in [6, 6.07) is 2.72. The maximum atomic E-state index is 5.74. The number of nitrogens with zero attached hydrogens (tertiary/aromatic N) is 1. The molecule has 3 rings (SSSR count). The van der Waals surface area contributed by atoms with Gasteiger partial charge in [-0.1, -0.05) is 30.6 Å². The molecule has 0 spiro atoms. The first-order chi connectivity index (χ1) is 10.2. The lowest BCUT2D eigenvalue weighted by Gasteiger charge is -2.22. The number of rotatable bonds is 4. The Bertz CT molecular complexity index is 629. The van der Waals surface area contributed by atoms with Gasteiger partial charge in [-0.15, -0.1) is 0 Å². The molecule has 4 heteroatoms. The van der Waals surface area contributed by atoms with Crippen LogP contribution in [-0.4, -0.2) is 17.6 Å². The normalized spacial score (nSPS) is 16.3. The fourth-order valence-electron chi connectivity index (χ4n) is 3.12. The second-order valence-electron chi connectivity index (χ2n) is 5.93. The fourth-order valence-corrected chi connectivity index (χ4v) is 4.23. The van der Waals surface area contributed by atoms with Crippen molar-refractivity contribution in [2.45, 2.75) is 58.9 Å². The van der Waals surface area contributed by atoms with Crippen LogP contribution in [0.25, 0.3) is 10.2 Å². The van der Waals surface area contributed by atoms with Crippen molar-refractivity contribution >= 4 is 26.7 Å². The summed E-state index contributed by atoms with van der Waals surface area (Å²) in [5.41, 5.74) is 3.54. The molecule has 0 radical (unpaired) electrons. The number of hydrogen-bond acceptors (Lipinski definition) is 4. The molecular formula is C17H24N2OS. The minimum atomic E-state index is 0.603. The summed E-state index contributed by atoms with van der Waals surface area (Å²) in [5, 5.41) is 4.71. The average Bonchev–Trinajstić information content (AvgIpc) is 2.90. The van der Waals surface area contributed by atoms with Crippen LogP contribution in [0, 0.1) is 13.8 Å². The lowest BCUT2D eigenvalue weighted by atomic mass is 9.96. The third-order valence-electron chi connectivity index (χ3n) is 4.29. The van der Waals surface area contributed by atoms with E-state index in [1.165, 1.54) is 47.9 Å². The standard InChI is InChI=1S/C17H24N2OS/c1-4-20-14-10-11(2)15-16(12(14)3)21-17(19-15)18-13-8-6-5-7-9-13/h10,13H,4-9H2,1-3H3,(H,18,19). The van der Waals surface area contributed by atoms with Gasteiger partial charge in [0.05, 0.1) is 16.8 Å². The summed E-state index contributed by atoms with van der Waals surface area (Å²) in [5.74, 6) is 0.996. The van der Waals surface area contributed by atoms with Gasteiger partial charge in [-0.25, -0.2) is 4.98 Å². The molecule has 1 aliphatic carbocycles. The van der Waals surface area contributed by atoms with Gasteiger partial charge in [0.1, 0.15) is 5.75 Å². The highest BCUT2D eigenvalue weighted by Gasteiger charge is 2.17. The quantitative estimate of drug-likeness (QED) is 0.857. The average molecular weight is 304 g/mol. The number of ether oxygens (including phenoxy) is 1. The Kier molecular flexibility index (Phi) is 4.34. The molecule has 0 unspecified atom stereocenters. The van der Waals surface area contributed by atoms with E-state index < -0.39 is 0 Å². The molecule has 1 aliphatic rings. The maximum absolute atomic E-state index is 5.74. The van der Waals surface area contributed by atoms with Gasteiger partial charge in [0.15, 0.2) is 5.13 Å². The van der Waals surface area contributed by atoms with Gasteiger partial charge < -0.3 is 10.1 Å². The van der Waals surface area contributed by atoms with E-state index in [0.29, 0.717) is 12.6 Å². The SMILES string of the molecule is CCOc1cc(C)c2nc(NC3CCCCC3)sc2c1C. The first-order valence-corrected chi connectivity index (χ1v) is 8.80. The molecule has 2 aromatic rings. The highest BCUT2D eigenvalue weighted by molar-refractivity contribution is 7.22. The van der Waals surface area contributed by atoms with Crippen molar-refractivity contribution in [2.75, 3.05) is 11.9 Å². The lowest BCUT2D eigenvalue weighted by Crippen LogP contribution is -2.21. The summed E-state index contributed by atoms with van der Waals surface area (Å²) in [6.07, 6.45) is 6.62.